The topological polar surface area (TPSA) is 58.4 Å². The van der Waals surface area contributed by atoms with Gasteiger partial charge in [-0.15, -0.1) is 0 Å². The average Bonchev–Trinajstić information content (AvgIpc) is 2.95. The Bertz CT molecular complexity index is 427. The average molecular weight is 275 g/mol. The van der Waals surface area contributed by atoms with E-state index in [4.69, 9.17) is 5.73 Å². The summed E-state index contributed by atoms with van der Waals surface area (Å²) in [7, 11) is 0. The van der Waals surface area contributed by atoms with Crippen molar-refractivity contribution in [3.05, 3.63) is 29.8 Å². The van der Waals surface area contributed by atoms with Gasteiger partial charge in [0.05, 0.1) is 0 Å². The third-order valence-electron chi connectivity index (χ3n) is 3.76. The third-order valence-corrected chi connectivity index (χ3v) is 3.76. The molecule has 0 saturated carbocycles. The van der Waals surface area contributed by atoms with Crippen LogP contribution in [0.25, 0.3) is 0 Å². The first-order valence-electron chi connectivity index (χ1n) is 7.57. The SMILES string of the molecule is Nc1cccc(CCC(=O)NCCCN2CCCC2)c1. The highest BCUT2D eigenvalue weighted by atomic mass is 16.1. The highest BCUT2D eigenvalue weighted by molar-refractivity contribution is 5.76. The molecule has 2 rings (SSSR count). The van der Waals surface area contributed by atoms with Crippen LogP contribution in [0.3, 0.4) is 0 Å². The Morgan fingerprint density at radius 3 is 2.85 bits per heavy atom. The minimum absolute atomic E-state index is 0.133. The molecule has 0 radical (unpaired) electrons. The van der Waals surface area contributed by atoms with Gasteiger partial charge in [-0.25, -0.2) is 0 Å². The van der Waals surface area contributed by atoms with Crippen molar-refractivity contribution in [3.8, 4) is 0 Å². The first-order chi connectivity index (χ1) is 9.74. The minimum atomic E-state index is 0.133. The molecule has 1 fully saturated rings. The Hall–Kier alpha value is -1.55. The minimum Gasteiger partial charge on any atom is -0.399 e. The van der Waals surface area contributed by atoms with Crippen LogP contribution >= 0.6 is 0 Å². The van der Waals surface area contributed by atoms with E-state index in [1.165, 1.54) is 25.9 Å². The van der Waals surface area contributed by atoms with Crippen LogP contribution in [0.4, 0.5) is 5.69 Å². The molecule has 1 heterocycles. The zero-order chi connectivity index (χ0) is 14.2. The van der Waals surface area contributed by atoms with Gasteiger partial charge in [0.2, 0.25) is 5.91 Å². The molecule has 3 N–H and O–H groups in total. The maximum atomic E-state index is 11.7. The summed E-state index contributed by atoms with van der Waals surface area (Å²) in [5.41, 5.74) is 7.60. The van der Waals surface area contributed by atoms with E-state index < -0.39 is 0 Å². The van der Waals surface area contributed by atoms with E-state index in [0.717, 1.165) is 37.2 Å². The highest BCUT2D eigenvalue weighted by Gasteiger charge is 2.10. The molecule has 1 aliphatic rings. The molecule has 1 amide bonds. The van der Waals surface area contributed by atoms with Gasteiger partial charge in [0, 0.05) is 18.7 Å². The fourth-order valence-corrected chi connectivity index (χ4v) is 2.63. The molecule has 0 aromatic heterocycles. The number of anilines is 1. The van der Waals surface area contributed by atoms with Crippen LogP contribution in [0.1, 0.15) is 31.2 Å². The number of hydrogen-bond acceptors (Lipinski definition) is 3. The summed E-state index contributed by atoms with van der Waals surface area (Å²) in [5.74, 6) is 0.133. The summed E-state index contributed by atoms with van der Waals surface area (Å²) < 4.78 is 0. The molecule has 0 bridgehead atoms. The Morgan fingerprint density at radius 1 is 1.30 bits per heavy atom. The Morgan fingerprint density at radius 2 is 2.10 bits per heavy atom. The predicted octanol–water partition coefficient (Wildman–Crippen LogP) is 1.80. The van der Waals surface area contributed by atoms with Gasteiger partial charge in [0.25, 0.3) is 0 Å². The van der Waals surface area contributed by atoms with Gasteiger partial charge >= 0.3 is 0 Å². The van der Waals surface area contributed by atoms with Gasteiger partial charge < -0.3 is 16.0 Å². The van der Waals surface area contributed by atoms with E-state index in [0.29, 0.717) is 6.42 Å². The van der Waals surface area contributed by atoms with E-state index in [-0.39, 0.29) is 5.91 Å². The number of likely N-dealkylation sites (tertiary alicyclic amines) is 1. The van der Waals surface area contributed by atoms with Crippen LogP contribution in [0.5, 0.6) is 0 Å². The normalized spacial score (nSPS) is 15.4. The van der Waals surface area contributed by atoms with E-state index >= 15 is 0 Å². The fourth-order valence-electron chi connectivity index (χ4n) is 2.63. The van der Waals surface area contributed by atoms with Crippen LogP contribution < -0.4 is 11.1 Å². The van der Waals surface area contributed by atoms with Gasteiger partial charge in [-0.1, -0.05) is 12.1 Å². The molecular weight excluding hydrogens is 250 g/mol. The number of nitrogens with two attached hydrogens (primary N) is 1. The van der Waals surface area contributed by atoms with Crippen molar-refractivity contribution in [2.75, 3.05) is 31.9 Å². The zero-order valence-corrected chi connectivity index (χ0v) is 12.1. The molecule has 20 heavy (non-hydrogen) atoms. The summed E-state index contributed by atoms with van der Waals surface area (Å²) in [6, 6.07) is 7.73. The lowest BCUT2D eigenvalue weighted by atomic mass is 10.1. The quantitative estimate of drug-likeness (QED) is 0.589. The van der Waals surface area contributed by atoms with Crippen molar-refractivity contribution >= 4 is 11.6 Å². The van der Waals surface area contributed by atoms with Crippen LogP contribution in [0.2, 0.25) is 0 Å². The lowest BCUT2D eigenvalue weighted by Gasteiger charge is -2.14. The van der Waals surface area contributed by atoms with Crippen molar-refractivity contribution in [1.29, 1.82) is 0 Å². The maximum absolute atomic E-state index is 11.7. The van der Waals surface area contributed by atoms with E-state index in [2.05, 4.69) is 10.2 Å². The fraction of sp³-hybridized carbons (Fsp3) is 0.562. The van der Waals surface area contributed by atoms with Gasteiger partial charge in [-0.2, -0.15) is 0 Å². The molecular formula is C16H25N3O. The van der Waals surface area contributed by atoms with Crippen molar-refractivity contribution in [2.45, 2.75) is 32.1 Å². The summed E-state index contributed by atoms with van der Waals surface area (Å²) in [5, 5.41) is 2.99. The third kappa shape index (κ3) is 5.21. The smallest absolute Gasteiger partial charge is 0.220 e. The van der Waals surface area contributed by atoms with E-state index in [9.17, 15) is 4.79 Å². The lowest BCUT2D eigenvalue weighted by Crippen LogP contribution is -2.28. The molecule has 1 aromatic rings. The number of nitrogens with zero attached hydrogens (tertiary/aromatic N) is 1. The van der Waals surface area contributed by atoms with Gasteiger partial charge in [0.1, 0.15) is 0 Å². The summed E-state index contributed by atoms with van der Waals surface area (Å²) in [4.78, 5) is 14.2. The number of amides is 1. The number of carbonyl (C=O) groups is 1. The van der Waals surface area contributed by atoms with Crippen molar-refractivity contribution < 1.29 is 4.79 Å². The molecule has 0 atom stereocenters. The van der Waals surface area contributed by atoms with Crippen molar-refractivity contribution in [2.24, 2.45) is 0 Å². The zero-order valence-electron chi connectivity index (χ0n) is 12.1. The largest absolute Gasteiger partial charge is 0.399 e. The van der Waals surface area contributed by atoms with Crippen LogP contribution in [0.15, 0.2) is 24.3 Å². The number of nitrogens with one attached hydrogen (secondary N) is 1. The molecule has 0 aliphatic carbocycles. The lowest BCUT2D eigenvalue weighted by molar-refractivity contribution is -0.121. The Balaban J connectivity index is 1.56. The Labute approximate surface area is 121 Å². The number of nitrogen functional groups attached to an aromatic ring is 1. The molecule has 1 aromatic carbocycles. The second-order valence-corrected chi connectivity index (χ2v) is 5.50. The molecule has 0 spiro atoms. The maximum Gasteiger partial charge on any atom is 0.220 e. The van der Waals surface area contributed by atoms with Gasteiger partial charge in [-0.3, -0.25) is 4.79 Å². The molecule has 1 saturated heterocycles. The monoisotopic (exact) mass is 275 g/mol. The molecule has 1 aliphatic heterocycles. The van der Waals surface area contributed by atoms with Crippen molar-refractivity contribution in [3.63, 3.8) is 0 Å². The number of hydrogen-bond donors (Lipinski definition) is 2. The summed E-state index contributed by atoms with van der Waals surface area (Å²) in [6.07, 6.45) is 4.99. The van der Waals surface area contributed by atoms with E-state index in [1.54, 1.807) is 0 Å². The van der Waals surface area contributed by atoms with Crippen molar-refractivity contribution in [1.82, 2.24) is 10.2 Å². The molecule has 4 heteroatoms. The molecule has 4 nitrogen and oxygen atoms in total. The first-order valence-corrected chi connectivity index (χ1v) is 7.57. The second kappa shape index (κ2) is 7.90. The van der Waals surface area contributed by atoms with Gasteiger partial charge in [-0.05, 0) is 63.0 Å². The molecule has 0 unspecified atom stereocenters. The summed E-state index contributed by atoms with van der Waals surface area (Å²) in [6.45, 7) is 4.34. The van der Waals surface area contributed by atoms with E-state index in [1.807, 2.05) is 24.3 Å². The number of rotatable bonds is 7. The van der Waals surface area contributed by atoms with Crippen LogP contribution in [-0.2, 0) is 11.2 Å². The molecule has 110 valence electrons. The number of benzene rings is 1. The van der Waals surface area contributed by atoms with Crippen LogP contribution in [0, 0.1) is 0 Å². The highest BCUT2D eigenvalue weighted by Crippen LogP contribution is 2.09. The van der Waals surface area contributed by atoms with Gasteiger partial charge in [0.15, 0.2) is 0 Å². The predicted molar refractivity (Wildman–Crippen MR) is 82.5 cm³/mol. The van der Waals surface area contributed by atoms with Crippen LogP contribution in [-0.4, -0.2) is 37.0 Å². The standard InChI is InChI=1S/C16H25N3O/c17-15-6-3-5-14(13-15)7-8-16(20)18-9-4-12-19-10-1-2-11-19/h3,5-6,13H,1-2,4,7-12,17H2,(H,18,20). The Kier molecular flexibility index (Phi) is 5.87. The summed E-state index contributed by atoms with van der Waals surface area (Å²) >= 11 is 0. The number of carbonyl (C=O) groups excluding carboxylic acids is 1. The number of aryl methyl sites for hydroxylation is 1. The second-order valence-electron chi connectivity index (χ2n) is 5.50. The first kappa shape index (κ1) is 14.9.